The summed E-state index contributed by atoms with van der Waals surface area (Å²) in [5.41, 5.74) is 1.97. The highest BCUT2D eigenvalue weighted by molar-refractivity contribution is 5.59. The van der Waals surface area contributed by atoms with Gasteiger partial charge >= 0.3 is 0 Å². The minimum absolute atomic E-state index is 0.345. The molecule has 0 aliphatic carbocycles. The van der Waals surface area contributed by atoms with E-state index in [0.717, 1.165) is 49.0 Å². The van der Waals surface area contributed by atoms with E-state index in [2.05, 4.69) is 36.6 Å². The van der Waals surface area contributed by atoms with Crippen LogP contribution in [0.25, 0.3) is 11.3 Å². The van der Waals surface area contributed by atoms with Crippen LogP contribution in [0.2, 0.25) is 0 Å². The molecule has 3 aromatic rings. The summed E-state index contributed by atoms with van der Waals surface area (Å²) in [6.07, 6.45) is 6.28. The lowest BCUT2D eigenvalue weighted by molar-refractivity contribution is 0.391. The lowest BCUT2D eigenvalue weighted by Crippen LogP contribution is -2.31. The van der Waals surface area contributed by atoms with Crippen LogP contribution in [0.1, 0.15) is 24.7 Å². The lowest BCUT2D eigenvalue weighted by atomic mass is 10.1. The van der Waals surface area contributed by atoms with Crippen molar-refractivity contribution >= 4 is 5.82 Å². The van der Waals surface area contributed by atoms with E-state index in [4.69, 9.17) is 0 Å². The average molecular weight is 334 g/mol. The molecule has 0 spiro atoms. The molecule has 25 heavy (non-hydrogen) atoms. The standard InChI is InChI=1S/C19H22N6/c1-2-5-15(6-3-1)16-8-9-18(24-23-16)21-11-10-20-17-7-4-13-25-14-12-22-19(17)25/h1-3,5-6,8-9,12,14,17,20H,4,7,10-11,13H2,(H,21,24). The molecule has 1 atom stereocenters. The van der Waals surface area contributed by atoms with Crippen molar-refractivity contribution in [2.45, 2.75) is 25.4 Å². The first-order valence-corrected chi connectivity index (χ1v) is 8.77. The molecule has 3 heterocycles. The molecule has 2 N–H and O–H groups in total. The summed E-state index contributed by atoms with van der Waals surface area (Å²) < 4.78 is 2.24. The number of rotatable bonds is 6. The van der Waals surface area contributed by atoms with Gasteiger partial charge in [-0.2, -0.15) is 0 Å². The Morgan fingerprint density at radius 3 is 2.80 bits per heavy atom. The highest BCUT2D eigenvalue weighted by Crippen LogP contribution is 2.22. The quantitative estimate of drug-likeness (QED) is 0.679. The zero-order valence-electron chi connectivity index (χ0n) is 14.1. The van der Waals surface area contributed by atoms with Gasteiger partial charge in [0.05, 0.1) is 11.7 Å². The predicted molar refractivity (Wildman–Crippen MR) is 98.2 cm³/mol. The van der Waals surface area contributed by atoms with Crippen LogP contribution < -0.4 is 10.6 Å². The van der Waals surface area contributed by atoms with Crippen molar-refractivity contribution in [3.63, 3.8) is 0 Å². The molecule has 0 radical (unpaired) electrons. The maximum Gasteiger partial charge on any atom is 0.148 e. The van der Waals surface area contributed by atoms with Gasteiger partial charge in [0.15, 0.2) is 0 Å². The summed E-state index contributed by atoms with van der Waals surface area (Å²) >= 11 is 0. The van der Waals surface area contributed by atoms with Gasteiger partial charge in [-0.05, 0) is 25.0 Å². The van der Waals surface area contributed by atoms with Crippen molar-refractivity contribution in [2.75, 3.05) is 18.4 Å². The fraction of sp³-hybridized carbons (Fsp3) is 0.316. The highest BCUT2D eigenvalue weighted by atomic mass is 15.2. The van der Waals surface area contributed by atoms with Gasteiger partial charge in [-0.1, -0.05) is 30.3 Å². The number of aryl methyl sites for hydroxylation is 1. The van der Waals surface area contributed by atoms with Gasteiger partial charge in [-0.25, -0.2) is 4.98 Å². The second-order valence-electron chi connectivity index (χ2n) is 6.22. The first-order valence-electron chi connectivity index (χ1n) is 8.77. The topological polar surface area (TPSA) is 67.7 Å². The van der Waals surface area contributed by atoms with Crippen LogP contribution in [0.4, 0.5) is 5.82 Å². The Kier molecular flexibility index (Phi) is 4.70. The summed E-state index contributed by atoms with van der Waals surface area (Å²) in [6, 6.07) is 14.4. The minimum atomic E-state index is 0.345. The number of hydrogen-bond donors (Lipinski definition) is 2. The molecule has 2 aromatic heterocycles. The minimum Gasteiger partial charge on any atom is -0.367 e. The molecule has 6 nitrogen and oxygen atoms in total. The monoisotopic (exact) mass is 334 g/mol. The average Bonchev–Trinajstić information content (AvgIpc) is 3.16. The molecule has 1 aliphatic heterocycles. The first kappa shape index (κ1) is 15.8. The number of fused-ring (bicyclic) bond motifs is 1. The van der Waals surface area contributed by atoms with Gasteiger partial charge in [0.25, 0.3) is 0 Å². The number of nitrogens with one attached hydrogen (secondary N) is 2. The summed E-state index contributed by atoms with van der Waals surface area (Å²) in [4.78, 5) is 4.47. The van der Waals surface area contributed by atoms with Crippen molar-refractivity contribution in [1.82, 2.24) is 25.1 Å². The molecular formula is C19H22N6. The number of imidazole rings is 1. The number of hydrogen-bond acceptors (Lipinski definition) is 5. The fourth-order valence-corrected chi connectivity index (χ4v) is 3.23. The van der Waals surface area contributed by atoms with Crippen LogP contribution >= 0.6 is 0 Å². The van der Waals surface area contributed by atoms with Crippen LogP contribution in [0, 0.1) is 0 Å². The summed E-state index contributed by atoms with van der Waals surface area (Å²) in [5.74, 6) is 1.95. The van der Waals surface area contributed by atoms with Gasteiger partial charge in [0, 0.05) is 37.6 Å². The Hall–Kier alpha value is -2.73. The second kappa shape index (κ2) is 7.44. The summed E-state index contributed by atoms with van der Waals surface area (Å²) in [7, 11) is 0. The molecule has 1 aromatic carbocycles. The third-order valence-electron chi connectivity index (χ3n) is 4.51. The maximum absolute atomic E-state index is 4.47. The lowest BCUT2D eigenvalue weighted by Gasteiger charge is -2.24. The molecule has 0 bridgehead atoms. The van der Waals surface area contributed by atoms with Crippen molar-refractivity contribution in [3.05, 3.63) is 60.7 Å². The SMILES string of the molecule is c1ccc(-c2ccc(NCCNC3CCCn4ccnc43)nn2)cc1. The Morgan fingerprint density at radius 1 is 1.04 bits per heavy atom. The highest BCUT2D eigenvalue weighted by Gasteiger charge is 2.20. The smallest absolute Gasteiger partial charge is 0.148 e. The molecular weight excluding hydrogens is 312 g/mol. The predicted octanol–water partition coefficient (Wildman–Crippen LogP) is 2.88. The molecule has 1 unspecified atom stereocenters. The Balaban J connectivity index is 1.27. The van der Waals surface area contributed by atoms with Crippen molar-refractivity contribution < 1.29 is 0 Å². The second-order valence-corrected chi connectivity index (χ2v) is 6.22. The van der Waals surface area contributed by atoms with Crippen molar-refractivity contribution in [3.8, 4) is 11.3 Å². The van der Waals surface area contributed by atoms with Gasteiger partial charge in [0.1, 0.15) is 11.6 Å². The van der Waals surface area contributed by atoms with E-state index < -0.39 is 0 Å². The molecule has 4 rings (SSSR count). The van der Waals surface area contributed by atoms with E-state index in [9.17, 15) is 0 Å². The van der Waals surface area contributed by atoms with E-state index in [1.807, 2.05) is 48.7 Å². The largest absolute Gasteiger partial charge is 0.367 e. The van der Waals surface area contributed by atoms with E-state index in [1.54, 1.807) is 0 Å². The molecule has 128 valence electrons. The zero-order valence-corrected chi connectivity index (χ0v) is 14.1. The third-order valence-corrected chi connectivity index (χ3v) is 4.51. The van der Waals surface area contributed by atoms with Gasteiger partial charge in [-0.3, -0.25) is 0 Å². The van der Waals surface area contributed by atoms with Gasteiger partial charge in [0.2, 0.25) is 0 Å². The molecule has 0 saturated heterocycles. The Labute approximate surface area is 147 Å². The Morgan fingerprint density at radius 2 is 1.96 bits per heavy atom. The normalized spacial score (nSPS) is 16.4. The van der Waals surface area contributed by atoms with E-state index in [1.165, 1.54) is 6.42 Å². The van der Waals surface area contributed by atoms with Crippen molar-refractivity contribution in [1.29, 1.82) is 0 Å². The van der Waals surface area contributed by atoms with Crippen molar-refractivity contribution in [2.24, 2.45) is 0 Å². The van der Waals surface area contributed by atoms with Crippen LogP contribution in [0.5, 0.6) is 0 Å². The molecule has 0 saturated carbocycles. The van der Waals surface area contributed by atoms with Gasteiger partial charge in [-0.15, -0.1) is 10.2 Å². The summed E-state index contributed by atoms with van der Waals surface area (Å²) in [5, 5.41) is 15.5. The number of anilines is 1. The van der Waals surface area contributed by atoms with Crippen LogP contribution in [0.3, 0.4) is 0 Å². The van der Waals surface area contributed by atoms with Gasteiger partial charge < -0.3 is 15.2 Å². The van der Waals surface area contributed by atoms with Crippen LogP contribution in [-0.2, 0) is 6.54 Å². The molecule has 6 heteroatoms. The Bertz CT molecular complexity index is 796. The third kappa shape index (κ3) is 3.69. The number of aromatic nitrogens is 4. The fourth-order valence-electron chi connectivity index (χ4n) is 3.23. The zero-order chi connectivity index (χ0) is 16.9. The van der Waals surface area contributed by atoms with E-state index >= 15 is 0 Å². The maximum atomic E-state index is 4.47. The molecule has 0 amide bonds. The van der Waals surface area contributed by atoms with Crippen LogP contribution in [0.15, 0.2) is 54.9 Å². The number of benzene rings is 1. The molecule has 1 aliphatic rings. The van der Waals surface area contributed by atoms with E-state index in [0.29, 0.717) is 6.04 Å². The number of nitrogens with zero attached hydrogens (tertiary/aromatic N) is 4. The summed E-state index contributed by atoms with van der Waals surface area (Å²) in [6.45, 7) is 2.74. The van der Waals surface area contributed by atoms with Crippen LogP contribution in [-0.4, -0.2) is 32.8 Å². The molecule has 0 fully saturated rings. The van der Waals surface area contributed by atoms with E-state index in [-0.39, 0.29) is 0 Å². The first-order chi connectivity index (χ1) is 12.4.